The molecule has 1 amide bonds. The topological polar surface area (TPSA) is 69.7 Å². The third-order valence-electron chi connectivity index (χ3n) is 6.36. The molecule has 4 rings (SSSR count). The van der Waals surface area contributed by atoms with E-state index in [0.717, 1.165) is 27.9 Å². The number of hydrogen-bond donors (Lipinski definition) is 1. The molecule has 1 N–H and O–H groups in total. The van der Waals surface area contributed by atoms with Crippen molar-refractivity contribution < 1.29 is 13.2 Å². The number of aryl methyl sites for hydroxylation is 2. The van der Waals surface area contributed by atoms with Crippen LogP contribution in [-0.2, 0) is 34.3 Å². The Balaban J connectivity index is 1.62. The molecule has 0 aliphatic carbocycles. The molecule has 6 nitrogen and oxygen atoms in total. The maximum atomic E-state index is 13.8. The zero-order valence-electron chi connectivity index (χ0n) is 20.1. The molecule has 0 bridgehead atoms. The summed E-state index contributed by atoms with van der Waals surface area (Å²) in [5.74, 6) is -0.292. The second-order valence-electron chi connectivity index (χ2n) is 9.09. The summed E-state index contributed by atoms with van der Waals surface area (Å²) in [5, 5.41) is 2.97. The predicted octanol–water partition coefficient (Wildman–Crippen LogP) is 3.80. The van der Waals surface area contributed by atoms with E-state index in [9.17, 15) is 13.2 Å². The van der Waals surface area contributed by atoms with Gasteiger partial charge in [0.15, 0.2) is 0 Å². The molecule has 1 aliphatic heterocycles. The van der Waals surface area contributed by atoms with Crippen LogP contribution in [0.3, 0.4) is 0 Å². The minimum atomic E-state index is -3.88. The fourth-order valence-electron chi connectivity index (χ4n) is 4.31. The Morgan fingerprint density at radius 1 is 1.00 bits per heavy atom. The highest BCUT2D eigenvalue weighted by atomic mass is 32.2. The van der Waals surface area contributed by atoms with Crippen molar-refractivity contribution >= 4 is 21.6 Å². The van der Waals surface area contributed by atoms with Crippen molar-refractivity contribution in [1.82, 2.24) is 9.62 Å². The highest BCUT2D eigenvalue weighted by molar-refractivity contribution is 7.89. The van der Waals surface area contributed by atoms with E-state index in [2.05, 4.69) is 5.32 Å². The normalized spacial score (nSPS) is 16.1. The Bertz CT molecular complexity index is 1300. The van der Waals surface area contributed by atoms with Crippen molar-refractivity contribution in [3.63, 3.8) is 0 Å². The van der Waals surface area contributed by atoms with Crippen molar-refractivity contribution in [1.29, 1.82) is 0 Å². The first-order valence-electron chi connectivity index (χ1n) is 11.4. The fourth-order valence-corrected chi connectivity index (χ4v) is 6.18. The van der Waals surface area contributed by atoms with Gasteiger partial charge in [0.25, 0.3) is 0 Å². The largest absolute Gasteiger partial charge is 0.378 e. The summed E-state index contributed by atoms with van der Waals surface area (Å²) in [5.41, 5.74) is 5.50. The molecule has 0 fully saturated rings. The fraction of sp³-hybridized carbons (Fsp3) is 0.296. The molecule has 1 aliphatic rings. The van der Waals surface area contributed by atoms with Crippen molar-refractivity contribution in [3.8, 4) is 0 Å². The Hall–Kier alpha value is -3.16. The number of carbonyl (C=O) groups excluding carboxylic acids is 1. The molecule has 3 aromatic rings. The quantitative estimate of drug-likeness (QED) is 0.586. The molecule has 34 heavy (non-hydrogen) atoms. The van der Waals surface area contributed by atoms with Crippen LogP contribution in [0.15, 0.2) is 71.6 Å². The van der Waals surface area contributed by atoms with Gasteiger partial charge in [-0.05, 0) is 66.3 Å². The zero-order chi connectivity index (χ0) is 24.5. The summed E-state index contributed by atoms with van der Waals surface area (Å²) in [4.78, 5) is 15.6. The molecule has 0 saturated carbocycles. The van der Waals surface area contributed by atoms with Gasteiger partial charge in [0.05, 0.1) is 4.90 Å². The minimum Gasteiger partial charge on any atom is -0.378 e. The van der Waals surface area contributed by atoms with Gasteiger partial charge >= 0.3 is 0 Å². The van der Waals surface area contributed by atoms with Gasteiger partial charge in [-0.2, -0.15) is 4.31 Å². The summed E-state index contributed by atoms with van der Waals surface area (Å²) in [6, 6.07) is 20.2. The summed E-state index contributed by atoms with van der Waals surface area (Å²) < 4.78 is 29.0. The van der Waals surface area contributed by atoms with E-state index < -0.39 is 16.1 Å². The number of rotatable bonds is 6. The second-order valence-corrected chi connectivity index (χ2v) is 10.9. The van der Waals surface area contributed by atoms with E-state index in [1.807, 2.05) is 86.6 Å². The highest BCUT2D eigenvalue weighted by Gasteiger charge is 2.40. The number of sulfonamides is 1. The number of hydrogen-bond acceptors (Lipinski definition) is 4. The number of benzene rings is 3. The molecule has 3 aromatic carbocycles. The standard InChI is InChI=1S/C27H31N3O3S/c1-19-9-10-20(2)26(15-19)34(32,33)30-18-23-8-6-5-7-22(23)16-25(30)27(31)28-17-21-11-13-24(14-12-21)29(3)4/h5-15,25H,16-18H2,1-4H3,(H,28,31)/t25-/m0/s1. The number of amides is 1. The molecule has 0 unspecified atom stereocenters. The smallest absolute Gasteiger partial charge is 0.244 e. The van der Waals surface area contributed by atoms with Crippen LogP contribution in [0.2, 0.25) is 0 Å². The molecule has 7 heteroatoms. The van der Waals surface area contributed by atoms with Crippen LogP contribution in [-0.4, -0.2) is 38.8 Å². The lowest BCUT2D eigenvalue weighted by atomic mass is 9.95. The number of nitrogens with one attached hydrogen (secondary N) is 1. The zero-order valence-corrected chi connectivity index (χ0v) is 20.9. The van der Waals surface area contributed by atoms with Crippen molar-refractivity contribution in [2.45, 2.75) is 44.3 Å². The minimum absolute atomic E-state index is 0.168. The lowest BCUT2D eigenvalue weighted by Gasteiger charge is -2.35. The third-order valence-corrected chi connectivity index (χ3v) is 8.35. The maximum Gasteiger partial charge on any atom is 0.244 e. The van der Waals surface area contributed by atoms with Crippen LogP contribution >= 0.6 is 0 Å². The Kier molecular flexibility index (Phi) is 6.77. The molecular weight excluding hydrogens is 446 g/mol. The Labute approximate surface area is 202 Å². The summed E-state index contributed by atoms with van der Waals surface area (Å²) in [6.45, 7) is 4.16. The average Bonchev–Trinajstić information content (AvgIpc) is 2.83. The van der Waals surface area contributed by atoms with E-state index in [4.69, 9.17) is 0 Å². The first kappa shape index (κ1) is 24.0. The summed E-state index contributed by atoms with van der Waals surface area (Å²) in [7, 11) is 0.0665. The van der Waals surface area contributed by atoms with Crippen molar-refractivity contribution in [3.05, 3.63) is 94.5 Å². The van der Waals surface area contributed by atoms with E-state index >= 15 is 0 Å². The van der Waals surface area contributed by atoms with Gasteiger partial charge in [0.2, 0.25) is 15.9 Å². The van der Waals surface area contributed by atoms with Crippen LogP contribution in [0, 0.1) is 13.8 Å². The van der Waals surface area contributed by atoms with E-state index in [1.165, 1.54) is 4.31 Å². The van der Waals surface area contributed by atoms with E-state index in [0.29, 0.717) is 18.5 Å². The first-order chi connectivity index (χ1) is 16.2. The van der Waals surface area contributed by atoms with Gasteiger partial charge < -0.3 is 10.2 Å². The maximum absolute atomic E-state index is 13.8. The second kappa shape index (κ2) is 9.60. The van der Waals surface area contributed by atoms with Gasteiger partial charge in [-0.1, -0.05) is 48.5 Å². The number of nitrogens with zero attached hydrogens (tertiary/aromatic N) is 2. The van der Waals surface area contributed by atoms with Gasteiger partial charge in [-0.15, -0.1) is 0 Å². The average molecular weight is 478 g/mol. The number of anilines is 1. The Morgan fingerprint density at radius 2 is 1.68 bits per heavy atom. The van der Waals surface area contributed by atoms with Crippen LogP contribution in [0.5, 0.6) is 0 Å². The molecule has 0 aromatic heterocycles. The highest BCUT2D eigenvalue weighted by Crippen LogP contribution is 2.31. The summed E-state index contributed by atoms with van der Waals surface area (Å²) in [6.07, 6.45) is 0.339. The monoisotopic (exact) mass is 477 g/mol. The van der Waals surface area contributed by atoms with E-state index in [-0.39, 0.29) is 17.3 Å². The van der Waals surface area contributed by atoms with Crippen molar-refractivity contribution in [2.75, 3.05) is 19.0 Å². The molecular formula is C27H31N3O3S. The number of carbonyl (C=O) groups is 1. The van der Waals surface area contributed by atoms with Crippen LogP contribution in [0.1, 0.15) is 27.8 Å². The molecule has 0 saturated heterocycles. The van der Waals surface area contributed by atoms with Crippen LogP contribution < -0.4 is 10.2 Å². The van der Waals surface area contributed by atoms with Gasteiger partial charge in [0.1, 0.15) is 6.04 Å². The van der Waals surface area contributed by atoms with Gasteiger partial charge in [0, 0.05) is 32.9 Å². The SMILES string of the molecule is Cc1ccc(C)c(S(=O)(=O)N2Cc3ccccc3C[C@H]2C(=O)NCc2ccc(N(C)C)cc2)c1. The molecule has 0 radical (unpaired) electrons. The van der Waals surface area contributed by atoms with Gasteiger partial charge in [-0.3, -0.25) is 4.79 Å². The molecule has 178 valence electrons. The van der Waals surface area contributed by atoms with Crippen molar-refractivity contribution in [2.24, 2.45) is 0 Å². The van der Waals surface area contributed by atoms with Crippen LogP contribution in [0.25, 0.3) is 0 Å². The lowest BCUT2D eigenvalue weighted by Crippen LogP contribution is -2.52. The third kappa shape index (κ3) is 4.86. The first-order valence-corrected chi connectivity index (χ1v) is 12.8. The number of fused-ring (bicyclic) bond motifs is 1. The van der Waals surface area contributed by atoms with Gasteiger partial charge in [-0.25, -0.2) is 8.42 Å². The Morgan fingerprint density at radius 3 is 2.35 bits per heavy atom. The molecule has 0 spiro atoms. The molecule has 1 heterocycles. The van der Waals surface area contributed by atoms with E-state index in [1.54, 1.807) is 13.0 Å². The predicted molar refractivity (Wildman–Crippen MR) is 135 cm³/mol. The van der Waals surface area contributed by atoms with Crippen LogP contribution in [0.4, 0.5) is 5.69 Å². The lowest BCUT2D eigenvalue weighted by molar-refractivity contribution is -0.125. The molecule has 1 atom stereocenters. The summed E-state index contributed by atoms with van der Waals surface area (Å²) >= 11 is 0.